The topological polar surface area (TPSA) is 4.93 Å². The number of fused-ring (bicyclic) bond motifs is 1. The van der Waals surface area contributed by atoms with Crippen LogP contribution >= 0.6 is 0 Å². The molecular weight excluding hydrogens is 352 g/mol. The molecule has 0 radical (unpaired) electrons. The van der Waals surface area contributed by atoms with Crippen LogP contribution in [0.4, 0.5) is 8.78 Å². The first-order chi connectivity index (χ1) is 13.6. The molecule has 0 saturated carbocycles. The highest BCUT2D eigenvalue weighted by atomic mass is 19.1. The third-order valence-corrected chi connectivity index (χ3v) is 4.87. The quantitative estimate of drug-likeness (QED) is 0.353. The minimum atomic E-state index is -0.568. The molecule has 0 unspecified atom stereocenters. The molecule has 28 heavy (non-hydrogen) atoms. The normalized spacial score (nSPS) is 11.8. The Bertz CT molecular complexity index is 1140. The third kappa shape index (κ3) is 3.24. The van der Waals surface area contributed by atoms with Gasteiger partial charge in [-0.3, -0.25) is 0 Å². The van der Waals surface area contributed by atoms with Crippen molar-refractivity contribution in [2.45, 2.75) is 19.9 Å². The van der Waals surface area contributed by atoms with E-state index < -0.39 is 11.6 Å². The van der Waals surface area contributed by atoms with Gasteiger partial charge in [-0.15, -0.1) is 0 Å². The Balaban J connectivity index is 2.07. The fourth-order valence-corrected chi connectivity index (χ4v) is 3.73. The van der Waals surface area contributed by atoms with Crippen LogP contribution < -0.4 is 0 Å². The number of hydrogen-bond acceptors (Lipinski definition) is 0. The first kappa shape index (κ1) is 18.2. The molecule has 0 fully saturated rings. The van der Waals surface area contributed by atoms with E-state index in [9.17, 15) is 8.78 Å². The van der Waals surface area contributed by atoms with Crippen molar-refractivity contribution in [1.29, 1.82) is 0 Å². The Morgan fingerprint density at radius 1 is 0.821 bits per heavy atom. The molecule has 0 spiro atoms. The number of halogens is 2. The summed E-state index contributed by atoms with van der Waals surface area (Å²) in [5.74, 6) is -1.11. The highest BCUT2D eigenvalue weighted by Crippen LogP contribution is 2.39. The van der Waals surface area contributed by atoms with E-state index >= 15 is 0 Å². The van der Waals surface area contributed by atoms with Gasteiger partial charge in [-0.2, -0.15) is 0 Å². The Hall–Kier alpha value is -3.20. The van der Waals surface area contributed by atoms with E-state index in [2.05, 4.69) is 0 Å². The molecule has 3 aromatic carbocycles. The van der Waals surface area contributed by atoms with Crippen molar-refractivity contribution < 1.29 is 8.78 Å². The maximum Gasteiger partial charge on any atom is 0.150 e. The van der Waals surface area contributed by atoms with Crippen LogP contribution in [0.1, 0.15) is 31.1 Å². The van der Waals surface area contributed by atoms with Crippen molar-refractivity contribution in [1.82, 2.24) is 4.57 Å². The predicted molar refractivity (Wildman–Crippen MR) is 113 cm³/mol. The molecule has 3 heteroatoms. The molecule has 4 rings (SSSR count). The summed E-state index contributed by atoms with van der Waals surface area (Å²) in [5, 5.41) is 0.588. The van der Waals surface area contributed by atoms with E-state index in [4.69, 9.17) is 0 Å². The van der Waals surface area contributed by atoms with E-state index in [-0.39, 0.29) is 6.04 Å². The zero-order chi connectivity index (χ0) is 19.7. The number of nitrogens with zero attached hydrogens (tertiary/aromatic N) is 1. The van der Waals surface area contributed by atoms with Crippen LogP contribution in [0.15, 0.2) is 72.8 Å². The van der Waals surface area contributed by atoms with Crippen LogP contribution in [0.5, 0.6) is 0 Å². The summed E-state index contributed by atoms with van der Waals surface area (Å²) >= 11 is 0. The van der Waals surface area contributed by atoms with Gasteiger partial charge >= 0.3 is 0 Å². The van der Waals surface area contributed by atoms with Crippen LogP contribution in [-0.2, 0) is 0 Å². The smallest absolute Gasteiger partial charge is 0.150 e. The Labute approximate surface area is 163 Å². The van der Waals surface area contributed by atoms with Gasteiger partial charge in [0, 0.05) is 23.1 Å². The van der Waals surface area contributed by atoms with Crippen molar-refractivity contribution >= 4 is 23.1 Å². The Morgan fingerprint density at radius 3 is 2.11 bits per heavy atom. The summed E-state index contributed by atoms with van der Waals surface area (Å²) in [5.41, 5.74) is 4.13. The molecule has 1 aromatic heterocycles. The highest BCUT2D eigenvalue weighted by molar-refractivity contribution is 6.02. The molecule has 140 valence electrons. The second kappa shape index (κ2) is 7.43. The number of hydrogen-bond donors (Lipinski definition) is 0. The summed E-state index contributed by atoms with van der Waals surface area (Å²) in [4.78, 5) is 0. The number of rotatable bonds is 4. The first-order valence-electron chi connectivity index (χ1n) is 9.37. The fourth-order valence-electron chi connectivity index (χ4n) is 3.73. The van der Waals surface area contributed by atoms with E-state index in [0.717, 1.165) is 28.5 Å². The molecule has 0 aliphatic rings. The summed E-state index contributed by atoms with van der Waals surface area (Å²) in [6.45, 7) is 4.02. The van der Waals surface area contributed by atoms with Gasteiger partial charge < -0.3 is 4.57 Å². The van der Waals surface area contributed by atoms with E-state index in [1.54, 1.807) is 0 Å². The summed E-state index contributed by atoms with van der Waals surface area (Å²) < 4.78 is 30.9. The van der Waals surface area contributed by atoms with Gasteiger partial charge in [0.05, 0.1) is 11.2 Å². The lowest BCUT2D eigenvalue weighted by Gasteiger charge is -2.14. The highest BCUT2D eigenvalue weighted by Gasteiger charge is 2.22. The van der Waals surface area contributed by atoms with Gasteiger partial charge in [0.25, 0.3) is 0 Å². The fraction of sp³-hybridized carbons (Fsp3) is 0.120. The number of benzene rings is 3. The lowest BCUT2D eigenvalue weighted by molar-refractivity contribution is 0.569. The average molecular weight is 373 g/mol. The largest absolute Gasteiger partial charge is 0.336 e. The molecule has 1 heterocycles. The molecular formula is C25H21F2N. The average Bonchev–Trinajstić information content (AvgIpc) is 3.02. The maximum absolute atomic E-state index is 14.9. The third-order valence-electron chi connectivity index (χ3n) is 4.87. The first-order valence-corrected chi connectivity index (χ1v) is 9.37. The van der Waals surface area contributed by atoms with Crippen LogP contribution in [0.2, 0.25) is 0 Å². The second-order valence-electron chi connectivity index (χ2n) is 7.12. The molecule has 0 saturated heterocycles. The maximum atomic E-state index is 14.9. The Morgan fingerprint density at radius 2 is 1.46 bits per heavy atom. The van der Waals surface area contributed by atoms with Gasteiger partial charge in [-0.1, -0.05) is 66.7 Å². The van der Waals surface area contributed by atoms with Crippen LogP contribution in [0.25, 0.3) is 34.2 Å². The standard InChI is InChI=1S/C25H21F2N/c1-17(2)28-23(14-13-18-9-5-3-6-10-18)24(19-11-7-4-8-12-19)21-15-20(26)16-22(27)25(21)28/h3-17H,1-2H3/b14-13+. The molecule has 0 bridgehead atoms. The van der Waals surface area contributed by atoms with Crippen molar-refractivity contribution in [3.05, 3.63) is 95.7 Å². The molecule has 0 atom stereocenters. The predicted octanol–water partition coefficient (Wildman–Crippen LogP) is 7.34. The minimum absolute atomic E-state index is 0.00958. The van der Waals surface area contributed by atoms with Crippen molar-refractivity contribution in [3.63, 3.8) is 0 Å². The Kier molecular flexibility index (Phi) is 4.82. The van der Waals surface area contributed by atoms with E-state index in [1.165, 1.54) is 6.07 Å². The summed E-state index contributed by atoms with van der Waals surface area (Å²) in [6, 6.07) is 22.1. The minimum Gasteiger partial charge on any atom is -0.336 e. The summed E-state index contributed by atoms with van der Waals surface area (Å²) in [7, 11) is 0. The molecule has 0 N–H and O–H groups in total. The van der Waals surface area contributed by atoms with Gasteiger partial charge in [-0.25, -0.2) is 8.78 Å². The van der Waals surface area contributed by atoms with Crippen molar-refractivity contribution in [2.75, 3.05) is 0 Å². The van der Waals surface area contributed by atoms with Crippen LogP contribution in [-0.4, -0.2) is 4.57 Å². The van der Waals surface area contributed by atoms with E-state index in [0.29, 0.717) is 10.9 Å². The van der Waals surface area contributed by atoms with Gasteiger partial charge in [0.15, 0.2) is 0 Å². The van der Waals surface area contributed by atoms with Gasteiger partial charge in [-0.05, 0) is 37.1 Å². The second-order valence-corrected chi connectivity index (χ2v) is 7.12. The van der Waals surface area contributed by atoms with Crippen LogP contribution in [0, 0.1) is 11.6 Å². The lowest BCUT2D eigenvalue weighted by Crippen LogP contribution is -2.04. The number of aromatic nitrogens is 1. The van der Waals surface area contributed by atoms with Crippen molar-refractivity contribution in [3.8, 4) is 11.1 Å². The van der Waals surface area contributed by atoms with Gasteiger partial charge in [0.1, 0.15) is 11.6 Å². The van der Waals surface area contributed by atoms with E-state index in [1.807, 2.05) is 91.2 Å². The molecule has 0 aliphatic carbocycles. The molecule has 0 aliphatic heterocycles. The molecule has 4 aromatic rings. The monoisotopic (exact) mass is 373 g/mol. The zero-order valence-electron chi connectivity index (χ0n) is 15.9. The lowest BCUT2D eigenvalue weighted by atomic mass is 10.0. The van der Waals surface area contributed by atoms with Crippen molar-refractivity contribution in [2.24, 2.45) is 0 Å². The van der Waals surface area contributed by atoms with Crippen LogP contribution in [0.3, 0.4) is 0 Å². The molecule has 0 amide bonds. The molecule has 1 nitrogen and oxygen atoms in total. The zero-order valence-corrected chi connectivity index (χ0v) is 15.9. The van der Waals surface area contributed by atoms with Gasteiger partial charge in [0.2, 0.25) is 0 Å². The summed E-state index contributed by atoms with van der Waals surface area (Å²) in [6.07, 6.45) is 4.00. The SMILES string of the molecule is CC(C)n1c(/C=C/c2ccccc2)c(-c2ccccc2)c2cc(F)cc(F)c21.